The molecule has 0 unspecified atom stereocenters. The summed E-state index contributed by atoms with van der Waals surface area (Å²) in [5, 5.41) is 4.17. The van der Waals surface area contributed by atoms with Gasteiger partial charge in [0.25, 0.3) is 5.89 Å². The molecule has 2 aliphatic rings. The molecule has 0 aliphatic carbocycles. The van der Waals surface area contributed by atoms with Crippen molar-refractivity contribution in [3.63, 3.8) is 0 Å². The molecule has 4 rings (SSSR count). The van der Waals surface area contributed by atoms with Gasteiger partial charge in [-0.1, -0.05) is 25.1 Å². The average Bonchev–Trinajstić information content (AvgIpc) is 3.32. The molecule has 2 aromatic heterocycles. The molecule has 2 saturated heterocycles. The Labute approximate surface area is 154 Å². The topological polar surface area (TPSA) is 67.5 Å². The van der Waals surface area contributed by atoms with Crippen molar-refractivity contribution >= 4 is 5.82 Å². The second-order valence-electron chi connectivity index (χ2n) is 7.62. The molecule has 0 bridgehead atoms. The van der Waals surface area contributed by atoms with Gasteiger partial charge in [0.1, 0.15) is 17.6 Å². The maximum absolute atomic E-state index is 5.86. The Hall–Kier alpha value is -1.99. The summed E-state index contributed by atoms with van der Waals surface area (Å²) in [6.45, 7) is 9.24. The van der Waals surface area contributed by atoms with Gasteiger partial charge in [-0.05, 0) is 37.4 Å². The summed E-state index contributed by atoms with van der Waals surface area (Å²) >= 11 is 0. The van der Waals surface area contributed by atoms with E-state index in [0.29, 0.717) is 23.6 Å². The molecular formula is C19H27N5O2. The highest BCUT2D eigenvalue weighted by molar-refractivity contribution is 5.53. The van der Waals surface area contributed by atoms with E-state index in [1.165, 1.54) is 0 Å². The molecule has 4 heterocycles. The van der Waals surface area contributed by atoms with Gasteiger partial charge in [-0.2, -0.15) is 4.98 Å². The minimum absolute atomic E-state index is 0.0999. The molecule has 2 atom stereocenters. The second-order valence-corrected chi connectivity index (χ2v) is 7.62. The van der Waals surface area contributed by atoms with E-state index in [4.69, 9.17) is 14.2 Å². The third-order valence-electron chi connectivity index (χ3n) is 5.47. The Morgan fingerprint density at radius 3 is 2.69 bits per heavy atom. The van der Waals surface area contributed by atoms with E-state index >= 15 is 0 Å². The zero-order valence-corrected chi connectivity index (χ0v) is 15.8. The fourth-order valence-corrected chi connectivity index (χ4v) is 3.76. The minimum atomic E-state index is -0.0999. The van der Waals surface area contributed by atoms with Crippen molar-refractivity contribution in [3.8, 4) is 11.5 Å². The van der Waals surface area contributed by atoms with Crippen molar-refractivity contribution in [1.82, 2.24) is 20.0 Å². The standard InChI is InChI=1S/C19H27N5O2/c1-13(2)14-7-12-25-17(14)19-21-18(22-26-19)15-5-4-6-16(20-15)24-10-8-23(3)9-11-24/h4-6,13-14,17H,7-12H2,1-3H3/t14-,17-/m0/s1. The largest absolute Gasteiger partial charge is 0.368 e. The first-order valence-corrected chi connectivity index (χ1v) is 9.48. The lowest BCUT2D eigenvalue weighted by Crippen LogP contribution is -2.44. The van der Waals surface area contributed by atoms with E-state index in [0.717, 1.165) is 50.7 Å². The Morgan fingerprint density at radius 1 is 1.12 bits per heavy atom. The second kappa shape index (κ2) is 7.32. The average molecular weight is 357 g/mol. The van der Waals surface area contributed by atoms with Crippen LogP contribution >= 0.6 is 0 Å². The fourth-order valence-electron chi connectivity index (χ4n) is 3.76. The van der Waals surface area contributed by atoms with Crippen LogP contribution in [0.5, 0.6) is 0 Å². The summed E-state index contributed by atoms with van der Waals surface area (Å²) in [4.78, 5) is 14.0. The van der Waals surface area contributed by atoms with E-state index < -0.39 is 0 Å². The molecule has 0 saturated carbocycles. The van der Waals surface area contributed by atoms with Gasteiger partial charge in [-0.3, -0.25) is 0 Å². The molecule has 7 nitrogen and oxygen atoms in total. The minimum Gasteiger partial charge on any atom is -0.368 e. The SMILES string of the molecule is CC(C)[C@@H]1CCO[C@@H]1c1nc(-c2cccc(N3CCN(C)CC3)n2)no1. The van der Waals surface area contributed by atoms with Gasteiger partial charge in [0.2, 0.25) is 5.82 Å². The van der Waals surface area contributed by atoms with Crippen molar-refractivity contribution in [3.05, 3.63) is 24.1 Å². The molecule has 0 radical (unpaired) electrons. The predicted molar refractivity (Wildman–Crippen MR) is 98.9 cm³/mol. The summed E-state index contributed by atoms with van der Waals surface area (Å²) in [7, 11) is 2.15. The molecule has 0 aromatic carbocycles. The lowest BCUT2D eigenvalue weighted by molar-refractivity contribution is 0.0520. The predicted octanol–water partition coefficient (Wildman–Crippen LogP) is 2.62. The zero-order chi connectivity index (χ0) is 18.1. The number of likely N-dealkylation sites (N-methyl/N-ethyl adjacent to an activating group) is 1. The quantitative estimate of drug-likeness (QED) is 0.833. The van der Waals surface area contributed by atoms with Crippen molar-refractivity contribution in [2.45, 2.75) is 26.4 Å². The van der Waals surface area contributed by atoms with Crippen LogP contribution in [-0.4, -0.2) is 59.9 Å². The van der Waals surface area contributed by atoms with E-state index in [-0.39, 0.29) is 6.10 Å². The van der Waals surface area contributed by atoms with Crippen molar-refractivity contribution < 1.29 is 9.26 Å². The first-order chi connectivity index (χ1) is 12.6. The molecule has 2 aromatic rings. The van der Waals surface area contributed by atoms with Crippen LogP contribution in [0, 0.1) is 11.8 Å². The molecule has 7 heteroatoms. The number of ether oxygens (including phenoxy) is 1. The molecule has 0 spiro atoms. The van der Waals surface area contributed by atoms with E-state index in [9.17, 15) is 0 Å². The molecule has 26 heavy (non-hydrogen) atoms. The van der Waals surface area contributed by atoms with Gasteiger partial charge >= 0.3 is 0 Å². The maximum Gasteiger partial charge on any atom is 0.256 e. The zero-order valence-electron chi connectivity index (χ0n) is 15.8. The summed E-state index contributed by atoms with van der Waals surface area (Å²) in [6.07, 6.45) is 0.939. The first-order valence-electron chi connectivity index (χ1n) is 9.48. The molecule has 140 valence electrons. The molecular weight excluding hydrogens is 330 g/mol. The third-order valence-corrected chi connectivity index (χ3v) is 5.47. The number of rotatable bonds is 4. The van der Waals surface area contributed by atoms with Crippen LogP contribution in [0.15, 0.2) is 22.7 Å². The Bertz CT molecular complexity index is 739. The fraction of sp³-hybridized carbons (Fsp3) is 0.632. The van der Waals surface area contributed by atoms with Crippen molar-refractivity contribution in [1.29, 1.82) is 0 Å². The van der Waals surface area contributed by atoms with Gasteiger partial charge in [-0.25, -0.2) is 4.98 Å². The van der Waals surface area contributed by atoms with Crippen LogP contribution < -0.4 is 4.90 Å². The Kier molecular flexibility index (Phi) is 4.91. The summed E-state index contributed by atoms with van der Waals surface area (Å²) in [5.41, 5.74) is 0.746. The van der Waals surface area contributed by atoms with Gasteiger partial charge < -0.3 is 19.1 Å². The lowest BCUT2D eigenvalue weighted by Gasteiger charge is -2.33. The van der Waals surface area contributed by atoms with Crippen LogP contribution in [-0.2, 0) is 4.74 Å². The number of piperazine rings is 1. The van der Waals surface area contributed by atoms with Crippen LogP contribution in [0.3, 0.4) is 0 Å². The van der Waals surface area contributed by atoms with Crippen molar-refractivity contribution in [2.24, 2.45) is 11.8 Å². The highest BCUT2D eigenvalue weighted by atomic mass is 16.5. The summed E-state index contributed by atoms with van der Waals surface area (Å²) in [5.74, 6) is 3.03. The highest BCUT2D eigenvalue weighted by Gasteiger charge is 2.36. The highest BCUT2D eigenvalue weighted by Crippen LogP contribution is 2.38. The van der Waals surface area contributed by atoms with Gasteiger partial charge in [0.15, 0.2) is 0 Å². The van der Waals surface area contributed by atoms with Crippen molar-refractivity contribution in [2.75, 3.05) is 44.7 Å². The number of pyridine rings is 1. The number of aromatic nitrogens is 3. The molecule has 0 amide bonds. The van der Waals surface area contributed by atoms with E-state index in [2.05, 4.69) is 40.8 Å². The number of hydrogen-bond acceptors (Lipinski definition) is 7. The Balaban J connectivity index is 1.53. The first kappa shape index (κ1) is 17.4. The van der Waals surface area contributed by atoms with Crippen LogP contribution in [0.4, 0.5) is 5.82 Å². The van der Waals surface area contributed by atoms with Gasteiger partial charge in [0.05, 0.1) is 0 Å². The van der Waals surface area contributed by atoms with Crippen LogP contribution in [0.2, 0.25) is 0 Å². The summed E-state index contributed by atoms with van der Waals surface area (Å²) in [6, 6.07) is 5.99. The Morgan fingerprint density at radius 2 is 1.92 bits per heavy atom. The monoisotopic (exact) mass is 357 g/mol. The van der Waals surface area contributed by atoms with E-state index in [1.54, 1.807) is 0 Å². The number of nitrogens with zero attached hydrogens (tertiary/aromatic N) is 5. The van der Waals surface area contributed by atoms with Gasteiger partial charge in [0, 0.05) is 32.8 Å². The van der Waals surface area contributed by atoms with Crippen LogP contribution in [0.25, 0.3) is 11.5 Å². The molecule has 0 N–H and O–H groups in total. The smallest absolute Gasteiger partial charge is 0.256 e. The number of hydrogen-bond donors (Lipinski definition) is 0. The molecule has 2 aliphatic heterocycles. The summed E-state index contributed by atoms with van der Waals surface area (Å²) < 4.78 is 11.4. The molecule has 2 fully saturated rings. The number of anilines is 1. The lowest BCUT2D eigenvalue weighted by atomic mass is 9.89. The maximum atomic E-state index is 5.86. The van der Waals surface area contributed by atoms with E-state index in [1.807, 2.05) is 18.2 Å². The normalized spacial score (nSPS) is 24.5. The van der Waals surface area contributed by atoms with Crippen LogP contribution in [0.1, 0.15) is 32.3 Å². The third kappa shape index (κ3) is 3.46. The van der Waals surface area contributed by atoms with Gasteiger partial charge in [-0.15, -0.1) is 0 Å².